The van der Waals surface area contributed by atoms with Crippen LogP contribution in [-0.2, 0) is 32.2 Å². The van der Waals surface area contributed by atoms with E-state index in [1.54, 1.807) is 42.5 Å². The van der Waals surface area contributed by atoms with Gasteiger partial charge in [-0.25, -0.2) is 9.59 Å². The molecule has 0 aliphatic rings. The summed E-state index contributed by atoms with van der Waals surface area (Å²) in [7, 11) is 0. The number of hydrogen-bond acceptors (Lipinski definition) is 8. The molecule has 4 aromatic rings. The summed E-state index contributed by atoms with van der Waals surface area (Å²) < 4.78 is 10.9. The number of carbonyl (C=O) groups is 4. The summed E-state index contributed by atoms with van der Waals surface area (Å²) in [6, 6.07) is 20.5. The first-order valence-corrected chi connectivity index (χ1v) is 14.2. The molecule has 4 rings (SSSR count). The predicted octanol–water partition coefficient (Wildman–Crippen LogP) is 6.50. The number of alkyl carbamates (subject to hydrolysis) is 1. The SMILES string of the molecule is CCCCC(=O)N(OC(C)=O)c1ccc(NC(=O)c2cc3cc(C(=N)NC(=O)OCc4ccccc4)ccc3o2)cc1CC. The predicted molar refractivity (Wildman–Crippen MR) is 165 cm³/mol. The Bertz CT molecular complexity index is 1680. The molecule has 0 radical (unpaired) electrons. The summed E-state index contributed by atoms with van der Waals surface area (Å²) in [6.07, 6.45) is 1.45. The lowest BCUT2D eigenvalue weighted by Gasteiger charge is -2.23. The average molecular weight is 599 g/mol. The number of nitrogens with one attached hydrogen (secondary N) is 3. The van der Waals surface area contributed by atoms with Crippen molar-refractivity contribution in [2.24, 2.45) is 0 Å². The molecule has 0 unspecified atom stereocenters. The molecular weight excluding hydrogens is 564 g/mol. The number of ether oxygens (including phenoxy) is 1. The maximum absolute atomic E-state index is 13.1. The van der Waals surface area contributed by atoms with E-state index in [0.717, 1.165) is 17.0 Å². The fraction of sp³-hybridized carbons (Fsp3) is 0.242. The lowest BCUT2D eigenvalue weighted by molar-refractivity contribution is -0.148. The molecule has 0 bridgehead atoms. The first-order valence-electron chi connectivity index (χ1n) is 14.2. The molecule has 0 saturated carbocycles. The second-order valence-electron chi connectivity index (χ2n) is 9.95. The second-order valence-corrected chi connectivity index (χ2v) is 9.95. The Morgan fingerprint density at radius 1 is 0.955 bits per heavy atom. The molecule has 3 aromatic carbocycles. The molecule has 0 atom stereocenters. The van der Waals surface area contributed by atoms with Crippen LogP contribution in [0.4, 0.5) is 16.2 Å². The van der Waals surface area contributed by atoms with Crippen LogP contribution in [0, 0.1) is 5.41 Å². The van der Waals surface area contributed by atoms with Gasteiger partial charge >= 0.3 is 12.1 Å². The van der Waals surface area contributed by atoms with Gasteiger partial charge in [0.1, 0.15) is 18.0 Å². The minimum absolute atomic E-state index is 0.0392. The largest absolute Gasteiger partial charge is 0.451 e. The van der Waals surface area contributed by atoms with Crippen molar-refractivity contribution in [3.8, 4) is 0 Å². The van der Waals surface area contributed by atoms with Crippen LogP contribution < -0.4 is 15.7 Å². The number of nitrogens with zero attached hydrogens (tertiary/aromatic N) is 1. The van der Waals surface area contributed by atoms with E-state index in [1.807, 2.05) is 44.2 Å². The Morgan fingerprint density at radius 2 is 1.73 bits per heavy atom. The van der Waals surface area contributed by atoms with Crippen LogP contribution in [0.5, 0.6) is 0 Å². The molecule has 11 nitrogen and oxygen atoms in total. The highest BCUT2D eigenvalue weighted by Crippen LogP contribution is 2.28. The third-order valence-corrected chi connectivity index (χ3v) is 6.60. The standard InChI is InChI=1S/C33H34N4O7/c1-4-6-12-30(39)37(44-21(3)38)27-15-14-26(18-23(27)5-2)35-32(40)29-19-25-17-24(13-16-28(25)43-29)31(34)36-33(41)42-20-22-10-8-7-9-11-22/h7-11,13-19H,4-6,12,20H2,1-3H3,(H,35,40)(H2,34,36,41). The van der Waals surface area contributed by atoms with Crippen molar-refractivity contribution in [2.75, 3.05) is 10.4 Å². The summed E-state index contributed by atoms with van der Waals surface area (Å²) in [6.45, 7) is 5.16. The first kappa shape index (κ1) is 31.5. The second kappa shape index (κ2) is 14.6. The molecule has 1 aromatic heterocycles. The van der Waals surface area contributed by atoms with Gasteiger partial charge in [0.25, 0.3) is 11.8 Å². The Labute approximate surface area is 254 Å². The quantitative estimate of drug-likeness (QED) is 0.107. The minimum atomic E-state index is -0.759. The molecule has 0 fully saturated rings. The van der Waals surface area contributed by atoms with Crippen molar-refractivity contribution in [3.63, 3.8) is 0 Å². The van der Waals surface area contributed by atoms with Gasteiger partial charge in [0.2, 0.25) is 0 Å². The van der Waals surface area contributed by atoms with E-state index in [0.29, 0.717) is 46.3 Å². The van der Waals surface area contributed by atoms with Crippen molar-refractivity contribution >= 4 is 52.1 Å². The normalized spacial score (nSPS) is 10.6. The fourth-order valence-electron chi connectivity index (χ4n) is 4.37. The number of furan rings is 1. The van der Waals surface area contributed by atoms with Crippen LogP contribution in [0.15, 0.2) is 77.2 Å². The van der Waals surface area contributed by atoms with Crippen LogP contribution in [-0.4, -0.2) is 29.7 Å². The number of amides is 3. The number of fused-ring (bicyclic) bond motifs is 1. The molecule has 0 spiro atoms. The fourth-order valence-corrected chi connectivity index (χ4v) is 4.37. The molecule has 0 aliphatic heterocycles. The number of carbonyl (C=O) groups excluding carboxylic acids is 4. The first-order chi connectivity index (χ1) is 21.2. The van der Waals surface area contributed by atoms with E-state index in [-0.39, 0.29) is 30.5 Å². The molecule has 1 heterocycles. The maximum Gasteiger partial charge on any atom is 0.413 e. The van der Waals surface area contributed by atoms with E-state index in [4.69, 9.17) is 19.4 Å². The average Bonchev–Trinajstić information content (AvgIpc) is 3.46. The van der Waals surface area contributed by atoms with Crippen molar-refractivity contribution in [1.29, 1.82) is 5.41 Å². The van der Waals surface area contributed by atoms with E-state index in [9.17, 15) is 19.2 Å². The lowest BCUT2D eigenvalue weighted by atomic mass is 10.1. The number of benzene rings is 3. The molecule has 3 N–H and O–H groups in total. The number of unbranched alkanes of at least 4 members (excludes halogenated alkanes) is 1. The van der Waals surface area contributed by atoms with E-state index in [2.05, 4.69) is 10.6 Å². The zero-order chi connectivity index (χ0) is 31.6. The van der Waals surface area contributed by atoms with E-state index in [1.165, 1.54) is 6.92 Å². The summed E-state index contributed by atoms with van der Waals surface area (Å²) >= 11 is 0. The van der Waals surface area contributed by atoms with Gasteiger partial charge < -0.3 is 19.3 Å². The van der Waals surface area contributed by atoms with Gasteiger partial charge in [0.15, 0.2) is 5.76 Å². The van der Waals surface area contributed by atoms with Gasteiger partial charge in [-0.05, 0) is 66.4 Å². The molecular formula is C33H34N4O7. The molecule has 3 amide bonds. The highest BCUT2D eigenvalue weighted by Gasteiger charge is 2.22. The van der Waals surface area contributed by atoms with E-state index < -0.39 is 18.0 Å². The number of hydrogen-bond donors (Lipinski definition) is 3. The summed E-state index contributed by atoms with van der Waals surface area (Å²) in [5.74, 6) is -1.58. The van der Waals surface area contributed by atoms with Crippen molar-refractivity contribution in [1.82, 2.24) is 5.32 Å². The maximum atomic E-state index is 13.1. The summed E-state index contributed by atoms with van der Waals surface area (Å²) in [5.41, 5.74) is 3.22. The van der Waals surface area contributed by atoms with Gasteiger partial charge in [-0.2, -0.15) is 0 Å². The van der Waals surface area contributed by atoms with Crippen molar-refractivity contribution in [3.05, 3.63) is 95.2 Å². The lowest BCUT2D eigenvalue weighted by Crippen LogP contribution is -2.33. The number of hydroxylamine groups is 1. The smallest absolute Gasteiger partial charge is 0.413 e. The molecule has 44 heavy (non-hydrogen) atoms. The zero-order valence-electron chi connectivity index (χ0n) is 24.8. The Hall–Kier alpha value is -5.45. The molecule has 228 valence electrons. The van der Waals surface area contributed by atoms with Crippen LogP contribution in [0.3, 0.4) is 0 Å². The third-order valence-electron chi connectivity index (χ3n) is 6.60. The summed E-state index contributed by atoms with van der Waals surface area (Å²) in [4.78, 5) is 55.0. The third kappa shape index (κ3) is 8.09. The Kier molecular flexibility index (Phi) is 10.5. The molecule has 0 saturated heterocycles. The van der Waals surface area contributed by atoms with Crippen LogP contribution in [0.1, 0.15) is 67.3 Å². The number of aryl methyl sites for hydroxylation is 1. The number of amidine groups is 1. The highest BCUT2D eigenvalue weighted by atomic mass is 16.7. The van der Waals surface area contributed by atoms with Gasteiger partial charge in [-0.3, -0.25) is 20.3 Å². The van der Waals surface area contributed by atoms with Crippen LogP contribution in [0.2, 0.25) is 0 Å². The van der Waals surface area contributed by atoms with Gasteiger partial charge in [0, 0.05) is 30.0 Å². The number of rotatable bonds is 10. The molecule has 11 heteroatoms. The Balaban J connectivity index is 1.44. The van der Waals surface area contributed by atoms with Gasteiger partial charge in [0.05, 0.1) is 5.69 Å². The Morgan fingerprint density at radius 3 is 2.43 bits per heavy atom. The highest BCUT2D eigenvalue weighted by molar-refractivity contribution is 6.08. The molecule has 0 aliphatic carbocycles. The van der Waals surface area contributed by atoms with Gasteiger partial charge in [-0.1, -0.05) is 50.6 Å². The van der Waals surface area contributed by atoms with E-state index >= 15 is 0 Å². The van der Waals surface area contributed by atoms with Gasteiger partial charge in [-0.15, -0.1) is 5.06 Å². The van der Waals surface area contributed by atoms with Crippen LogP contribution in [0.25, 0.3) is 11.0 Å². The number of anilines is 2. The minimum Gasteiger partial charge on any atom is -0.451 e. The van der Waals surface area contributed by atoms with Crippen molar-refractivity contribution < 1.29 is 33.2 Å². The van der Waals surface area contributed by atoms with Crippen LogP contribution >= 0.6 is 0 Å². The zero-order valence-corrected chi connectivity index (χ0v) is 24.8. The monoisotopic (exact) mass is 598 g/mol. The summed E-state index contributed by atoms with van der Waals surface area (Å²) in [5, 5.41) is 15.0. The van der Waals surface area contributed by atoms with Crippen molar-refractivity contribution in [2.45, 2.75) is 53.1 Å². The topological polar surface area (TPSA) is 151 Å².